The van der Waals surface area contributed by atoms with E-state index in [0.29, 0.717) is 5.92 Å². The molecule has 0 aliphatic heterocycles. The van der Waals surface area contributed by atoms with Crippen molar-refractivity contribution in [3.8, 4) is 0 Å². The van der Waals surface area contributed by atoms with Crippen molar-refractivity contribution in [1.82, 2.24) is 5.43 Å². The molecular formula is C6H10N2O. The van der Waals surface area contributed by atoms with Crippen LogP contribution in [0.3, 0.4) is 0 Å². The van der Waals surface area contributed by atoms with Gasteiger partial charge in [0.05, 0.1) is 0 Å². The highest BCUT2D eigenvalue weighted by atomic mass is 16.2. The second-order valence-electron chi connectivity index (χ2n) is 2.38. The normalized spacial score (nSPS) is 28.2. The molecule has 1 fully saturated rings. The van der Waals surface area contributed by atoms with Crippen LogP contribution in [0.5, 0.6) is 0 Å². The van der Waals surface area contributed by atoms with Crippen molar-refractivity contribution in [1.29, 1.82) is 0 Å². The van der Waals surface area contributed by atoms with Crippen LogP contribution in [0.1, 0.15) is 20.3 Å². The maximum absolute atomic E-state index is 10.3. The summed E-state index contributed by atoms with van der Waals surface area (Å²) >= 11 is 0. The van der Waals surface area contributed by atoms with Gasteiger partial charge in [-0.15, -0.1) is 0 Å². The first kappa shape index (κ1) is 6.26. The molecule has 1 atom stereocenters. The summed E-state index contributed by atoms with van der Waals surface area (Å²) in [6.07, 6.45) is 1.04. The van der Waals surface area contributed by atoms with Crippen molar-refractivity contribution in [2.24, 2.45) is 11.0 Å². The number of hydrazone groups is 1. The van der Waals surface area contributed by atoms with Gasteiger partial charge in [-0.1, -0.05) is 6.92 Å². The average Bonchev–Trinajstić information content (AvgIpc) is 2.42. The lowest BCUT2D eigenvalue weighted by atomic mass is 10.5. The fourth-order valence-electron chi connectivity index (χ4n) is 0.561. The van der Waals surface area contributed by atoms with Crippen LogP contribution in [-0.4, -0.2) is 11.6 Å². The molecule has 3 heteroatoms. The highest BCUT2D eigenvalue weighted by Crippen LogP contribution is 2.23. The Kier molecular flexibility index (Phi) is 1.51. The van der Waals surface area contributed by atoms with Crippen molar-refractivity contribution >= 4 is 11.6 Å². The van der Waals surface area contributed by atoms with Crippen LogP contribution in [0.15, 0.2) is 5.10 Å². The smallest absolute Gasteiger partial charge is 0.236 e. The minimum atomic E-state index is -0.0957. The standard InChI is InChI=1S/C6H10N2O/c1-4-3-6(4)8-7-5(2)9/h4H,3H2,1-2H3,(H,7,9)/b8-6+. The summed E-state index contributed by atoms with van der Waals surface area (Å²) in [5, 5.41) is 3.83. The topological polar surface area (TPSA) is 41.5 Å². The van der Waals surface area contributed by atoms with Gasteiger partial charge in [-0.25, -0.2) is 5.43 Å². The van der Waals surface area contributed by atoms with Gasteiger partial charge in [-0.2, -0.15) is 5.10 Å². The molecule has 0 spiro atoms. The minimum Gasteiger partial charge on any atom is -0.274 e. The Hall–Kier alpha value is -0.860. The Morgan fingerprint density at radius 3 is 2.78 bits per heavy atom. The third-order valence-corrected chi connectivity index (χ3v) is 1.28. The van der Waals surface area contributed by atoms with Gasteiger partial charge in [0.15, 0.2) is 0 Å². The molecule has 3 nitrogen and oxygen atoms in total. The SMILES string of the molecule is CC(=O)N/N=C1\CC1C. The quantitative estimate of drug-likeness (QED) is 0.511. The molecule has 1 unspecified atom stereocenters. The van der Waals surface area contributed by atoms with Crippen LogP contribution in [0.2, 0.25) is 0 Å². The Labute approximate surface area is 54.1 Å². The van der Waals surface area contributed by atoms with Crippen LogP contribution in [0, 0.1) is 5.92 Å². The first-order valence-electron chi connectivity index (χ1n) is 3.03. The highest BCUT2D eigenvalue weighted by Gasteiger charge is 2.26. The molecule has 0 saturated heterocycles. The number of hydrogen-bond acceptors (Lipinski definition) is 2. The van der Waals surface area contributed by atoms with Gasteiger partial charge in [-0.05, 0) is 6.42 Å². The molecule has 1 saturated carbocycles. The van der Waals surface area contributed by atoms with Crippen LogP contribution >= 0.6 is 0 Å². The maximum Gasteiger partial charge on any atom is 0.236 e. The van der Waals surface area contributed by atoms with Gasteiger partial charge < -0.3 is 0 Å². The minimum absolute atomic E-state index is 0.0957. The Morgan fingerprint density at radius 1 is 1.89 bits per heavy atom. The molecule has 1 aliphatic carbocycles. The van der Waals surface area contributed by atoms with E-state index in [-0.39, 0.29) is 5.91 Å². The zero-order valence-electron chi connectivity index (χ0n) is 5.64. The van der Waals surface area contributed by atoms with Crippen molar-refractivity contribution in [2.75, 3.05) is 0 Å². The summed E-state index contributed by atoms with van der Waals surface area (Å²) in [4.78, 5) is 10.3. The molecule has 1 rings (SSSR count). The fraction of sp³-hybridized carbons (Fsp3) is 0.667. The molecule has 50 valence electrons. The number of hydrogen-bond donors (Lipinski definition) is 1. The molecule has 1 amide bonds. The van der Waals surface area contributed by atoms with Gasteiger partial charge in [0.2, 0.25) is 5.91 Å². The van der Waals surface area contributed by atoms with E-state index in [1.54, 1.807) is 0 Å². The summed E-state index contributed by atoms with van der Waals surface area (Å²) in [5.74, 6) is 0.499. The summed E-state index contributed by atoms with van der Waals surface area (Å²) in [6.45, 7) is 3.54. The maximum atomic E-state index is 10.3. The molecule has 0 aromatic heterocycles. The summed E-state index contributed by atoms with van der Waals surface area (Å²) in [7, 11) is 0. The van der Waals surface area contributed by atoms with Gasteiger partial charge in [0.25, 0.3) is 0 Å². The van der Waals surface area contributed by atoms with Crippen LogP contribution in [0.4, 0.5) is 0 Å². The Bertz CT molecular complexity index is 162. The first-order valence-corrected chi connectivity index (χ1v) is 3.03. The van der Waals surface area contributed by atoms with E-state index < -0.39 is 0 Å². The predicted molar refractivity (Wildman–Crippen MR) is 35.0 cm³/mol. The van der Waals surface area contributed by atoms with Gasteiger partial charge in [-0.3, -0.25) is 4.79 Å². The number of nitrogens with one attached hydrogen (secondary N) is 1. The van der Waals surface area contributed by atoms with E-state index in [1.807, 2.05) is 0 Å². The van der Waals surface area contributed by atoms with Crippen molar-refractivity contribution in [3.05, 3.63) is 0 Å². The van der Waals surface area contributed by atoms with Crippen LogP contribution in [-0.2, 0) is 4.79 Å². The molecular weight excluding hydrogens is 116 g/mol. The van der Waals surface area contributed by atoms with E-state index >= 15 is 0 Å². The number of carbonyl (C=O) groups is 1. The molecule has 1 aliphatic rings. The summed E-state index contributed by atoms with van der Waals surface area (Å²) < 4.78 is 0. The second-order valence-corrected chi connectivity index (χ2v) is 2.38. The molecule has 1 N–H and O–H groups in total. The highest BCUT2D eigenvalue weighted by molar-refractivity contribution is 6.01. The predicted octanol–water partition coefficient (Wildman–Crippen LogP) is 0.518. The van der Waals surface area contributed by atoms with Crippen LogP contribution < -0.4 is 5.43 Å². The Balaban J connectivity index is 2.26. The molecule has 0 radical (unpaired) electrons. The van der Waals surface area contributed by atoms with Crippen molar-refractivity contribution < 1.29 is 4.79 Å². The monoisotopic (exact) mass is 126 g/mol. The number of nitrogens with zero attached hydrogens (tertiary/aromatic N) is 1. The molecule has 9 heavy (non-hydrogen) atoms. The van der Waals surface area contributed by atoms with E-state index in [4.69, 9.17) is 0 Å². The van der Waals surface area contributed by atoms with E-state index in [9.17, 15) is 4.79 Å². The van der Waals surface area contributed by atoms with Gasteiger partial charge in [0, 0.05) is 18.6 Å². The van der Waals surface area contributed by atoms with Crippen molar-refractivity contribution in [3.63, 3.8) is 0 Å². The molecule has 0 aromatic carbocycles. The number of amides is 1. The van der Waals surface area contributed by atoms with Gasteiger partial charge >= 0.3 is 0 Å². The largest absolute Gasteiger partial charge is 0.274 e. The van der Waals surface area contributed by atoms with Crippen molar-refractivity contribution in [2.45, 2.75) is 20.3 Å². The molecule has 0 bridgehead atoms. The van der Waals surface area contributed by atoms with Crippen LogP contribution in [0.25, 0.3) is 0 Å². The third-order valence-electron chi connectivity index (χ3n) is 1.28. The summed E-state index contributed by atoms with van der Waals surface area (Å²) in [6, 6.07) is 0. The second kappa shape index (κ2) is 2.17. The lowest BCUT2D eigenvalue weighted by Crippen LogP contribution is -2.12. The van der Waals surface area contributed by atoms with Gasteiger partial charge in [0.1, 0.15) is 0 Å². The number of rotatable bonds is 1. The fourth-order valence-corrected chi connectivity index (χ4v) is 0.561. The lowest BCUT2D eigenvalue weighted by molar-refractivity contribution is -0.118. The molecule has 0 heterocycles. The lowest BCUT2D eigenvalue weighted by Gasteiger charge is -1.86. The van der Waals surface area contributed by atoms with E-state index in [1.165, 1.54) is 6.92 Å². The van der Waals surface area contributed by atoms with E-state index in [0.717, 1.165) is 12.1 Å². The zero-order chi connectivity index (χ0) is 6.85. The third kappa shape index (κ3) is 1.83. The average molecular weight is 126 g/mol. The Morgan fingerprint density at radius 2 is 2.44 bits per heavy atom. The number of carbonyl (C=O) groups excluding carboxylic acids is 1. The summed E-state index contributed by atoms with van der Waals surface area (Å²) in [5.41, 5.74) is 3.49. The first-order chi connectivity index (χ1) is 4.20. The van der Waals surface area contributed by atoms with E-state index in [2.05, 4.69) is 17.5 Å². The molecule has 0 aromatic rings. The zero-order valence-corrected chi connectivity index (χ0v) is 5.64.